The van der Waals surface area contributed by atoms with Crippen LogP contribution in [0.1, 0.15) is 0 Å². The molecule has 0 aliphatic carbocycles. The number of fused-ring (bicyclic) bond motifs is 24. The van der Waals surface area contributed by atoms with Gasteiger partial charge in [0, 0.05) is 198 Å². The molecule has 12 aliphatic heterocycles. The second kappa shape index (κ2) is 31.4. The first-order valence-electron chi connectivity index (χ1n) is 50.4. The van der Waals surface area contributed by atoms with Crippen molar-refractivity contribution in [1.82, 2.24) is 9.13 Å². The van der Waals surface area contributed by atoms with Crippen LogP contribution in [0.2, 0.25) is 0 Å². The molecular weight excluding hydrogens is 1790 g/mol. The van der Waals surface area contributed by atoms with Crippen molar-refractivity contribution in [2.24, 2.45) is 0 Å². The van der Waals surface area contributed by atoms with E-state index < -0.39 is 0 Å². The van der Waals surface area contributed by atoms with Crippen LogP contribution in [-0.2, 0) is 0 Å². The Morgan fingerprint density at radius 1 is 0.178 bits per heavy atom. The molecule has 16 heterocycles. The summed E-state index contributed by atoms with van der Waals surface area (Å²) in [4.78, 5) is 20.0. The third-order valence-electron chi connectivity index (χ3n) is 32.0. The van der Waals surface area contributed by atoms with E-state index >= 15 is 0 Å². The summed E-state index contributed by atoms with van der Waals surface area (Å²) in [6.45, 7) is 0.451. The molecule has 0 amide bonds. The summed E-state index contributed by atoms with van der Waals surface area (Å²) >= 11 is 1.86. The predicted octanol–water partition coefficient (Wildman–Crippen LogP) is 28.4. The molecule has 0 N–H and O–H groups in total. The molecule has 12 aliphatic rings. The second-order valence-electron chi connectivity index (χ2n) is 39.2. The molecule has 11 nitrogen and oxygen atoms in total. The number of benzene rings is 19. The molecule has 19 aromatic carbocycles. The molecule has 0 saturated carbocycles. The van der Waals surface area contributed by atoms with Gasteiger partial charge < -0.3 is 37.7 Å². The van der Waals surface area contributed by atoms with E-state index in [2.05, 4.69) is 539 Å². The van der Waals surface area contributed by atoms with Crippen molar-refractivity contribution in [3.8, 4) is 112 Å². The maximum Gasteiger partial charge on any atom is 0.337 e. The van der Waals surface area contributed by atoms with Crippen LogP contribution >= 0.6 is 11.3 Å². The predicted molar refractivity (Wildman–Crippen MR) is 611 cm³/mol. The zero-order chi connectivity index (χ0) is 95.2. The first-order valence-corrected chi connectivity index (χ1v) is 51.3. The molecule has 0 bridgehead atoms. The van der Waals surface area contributed by atoms with E-state index in [4.69, 9.17) is 4.42 Å². The minimum Gasteiger partial charge on any atom is -0.448 e. The monoisotopic (exact) mass is 1870 g/mol. The lowest BCUT2D eigenvalue weighted by molar-refractivity contribution is 0.576. The van der Waals surface area contributed by atoms with Crippen molar-refractivity contribution in [2.75, 3.05) is 38.8 Å². The zero-order valence-corrected chi connectivity index (χ0v) is 79.8. The lowest BCUT2D eigenvalue weighted by Crippen LogP contribution is -2.63. The molecule has 16 heteroatoms. The van der Waals surface area contributed by atoms with E-state index in [1.54, 1.807) is 0 Å². The molecule has 0 spiro atoms. The highest BCUT2D eigenvalue weighted by molar-refractivity contribution is 7.19. The maximum absolute atomic E-state index is 6.37. The number of rotatable bonds is 7. The van der Waals surface area contributed by atoms with E-state index in [9.17, 15) is 0 Å². The smallest absolute Gasteiger partial charge is 0.337 e. The molecule has 0 fully saturated rings. The Bertz CT molecular complexity index is 9160. The summed E-state index contributed by atoms with van der Waals surface area (Å²) < 4.78 is 11.2. The fourth-order valence-electron chi connectivity index (χ4n) is 26.3. The Hall–Kier alpha value is -18.6. The van der Waals surface area contributed by atoms with Crippen LogP contribution in [0.5, 0.6) is 0 Å². The Balaban J connectivity index is 0.0000000874. The Morgan fingerprint density at radius 2 is 0.438 bits per heavy atom. The van der Waals surface area contributed by atoms with E-state index in [0.717, 1.165) is 28.6 Å². The van der Waals surface area contributed by atoms with Gasteiger partial charge in [0.25, 0.3) is 0 Å². The first kappa shape index (κ1) is 81.1. The minimum absolute atomic E-state index is 0.0644. The molecule has 4 aromatic heterocycles. The number of hydrogen-bond donors (Lipinski definition) is 0. The quantitative estimate of drug-likeness (QED) is 0.145. The van der Waals surface area contributed by atoms with Gasteiger partial charge in [-0.15, -0.1) is 11.3 Å². The summed E-state index contributed by atoms with van der Waals surface area (Å²) in [5, 5.41) is 3.70. The van der Waals surface area contributed by atoms with Gasteiger partial charge >= 0.3 is 27.4 Å². The number of aromatic nitrogens is 2. The van der Waals surface area contributed by atoms with Gasteiger partial charge in [-0.05, 0) is 212 Å². The van der Waals surface area contributed by atoms with Crippen molar-refractivity contribution in [1.29, 1.82) is 0 Å². The van der Waals surface area contributed by atoms with Gasteiger partial charge in [0.05, 0.1) is 5.00 Å². The normalized spacial score (nSPS) is 13.7. The van der Waals surface area contributed by atoms with E-state index in [-0.39, 0.29) is 27.4 Å². The largest absolute Gasteiger partial charge is 0.448 e. The molecule has 676 valence electrons. The highest BCUT2D eigenvalue weighted by Crippen LogP contribution is 2.60. The summed E-state index contributed by atoms with van der Waals surface area (Å²) in [5.74, 6) is 3.33. The molecule has 146 heavy (non-hydrogen) atoms. The van der Waals surface area contributed by atoms with Crippen LogP contribution in [0.3, 0.4) is 0 Å². The number of furan rings is 1. The van der Waals surface area contributed by atoms with Crippen molar-refractivity contribution in [3.63, 3.8) is 0 Å². The lowest BCUT2D eigenvalue weighted by Gasteiger charge is -2.47. The topological polar surface area (TPSA) is 48.9 Å². The molecule has 0 saturated heterocycles. The number of anilines is 20. The summed E-state index contributed by atoms with van der Waals surface area (Å²) in [5.41, 5.74) is 56.1. The Kier molecular flexibility index (Phi) is 17.5. The van der Waals surface area contributed by atoms with Crippen LogP contribution in [-0.4, -0.2) is 36.5 Å². The first-order chi connectivity index (χ1) is 72.6. The third-order valence-corrected chi connectivity index (χ3v) is 32.9. The van der Waals surface area contributed by atoms with Crippen LogP contribution < -0.4 is 82.5 Å². The zero-order valence-electron chi connectivity index (χ0n) is 78.9. The Morgan fingerprint density at radius 3 is 0.829 bits per heavy atom. The van der Waals surface area contributed by atoms with Crippen molar-refractivity contribution in [3.05, 3.63) is 497 Å². The summed E-state index contributed by atoms with van der Waals surface area (Å²) in [6, 6.07) is 171. The number of thiophene rings is 1. The second-order valence-corrected chi connectivity index (χ2v) is 40.0. The molecule has 0 atom stereocenters. The highest BCUT2D eigenvalue weighted by Gasteiger charge is 2.56. The average Bonchev–Trinajstić information content (AvgIpc) is 1.45. The molecule has 23 aromatic rings. The standard InChI is InChI=1S/C40H26BN3.C34H22BN3.C28H17BN2O.C28H17BN2S/c1-3-13-27(14-4-1)28-15-11-18-30(25-28)43-37-24-12-21-33-31-19-7-9-22-35(31)44-36-23-10-8-20-32(36)34-26-42(29-16-5-2-6-17-29)40(43)39(34)41(44)38(33)37;1-3-12-23(13-4-1)36-22-28-26-17-8-10-20-30(26)38-29-19-9-7-16-25(29)27-18-11-21-31-32(27)35(38)33(28)34(36)37(31)24-14-5-2-6-15-24;2*1-2-9-18(10-3-1)30-25-16-8-13-21-19-11-4-6-14-23(19)31-24-15-7-5-12-20(24)22-17-32-28(30)27(22)29(31)26(21)25/h1-26H;1-22H;2*1-17H. The van der Waals surface area contributed by atoms with Gasteiger partial charge in [0.2, 0.25) is 5.88 Å². The molecule has 35 rings (SSSR count). The molecule has 0 radical (unpaired) electrons. The van der Waals surface area contributed by atoms with Crippen LogP contribution in [0.25, 0.3) is 112 Å². The highest BCUT2D eigenvalue weighted by atomic mass is 32.1. The lowest BCUT2D eigenvalue weighted by atomic mass is 9.42. The summed E-state index contributed by atoms with van der Waals surface area (Å²) in [7, 11) is 0. The molecular formula is C130H82B4N10OS. The van der Waals surface area contributed by atoms with Gasteiger partial charge in [-0.3, -0.25) is 14.7 Å². The third kappa shape index (κ3) is 11.4. The fourth-order valence-corrected chi connectivity index (χ4v) is 27.4. The van der Waals surface area contributed by atoms with Gasteiger partial charge in [0.15, 0.2) is 0 Å². The minimum atomic E-state index is 0.0644. The van der Waals surface area contributed by atoms with Crippen LogP contribution in [0.15, 0.2) is 502 Å². The van der Waals surface area contributed by atoms with Gasteiger partial charge in [-0.2, -0.15) is 0 Å². The number of para-hydroxylation sites is 13. The molecule has 0 unspecified atom stereocenters. The number of nitrogens with zero attached hydrogens (tertiary/aromatic N) is 10. The van der Waals surface area contributed by atoms with E-state index in [1.165, 1.54) is 240 Å². The van der Waals surface area contributed by atoms with E-state index in [1.807, 2.05) is 17.6 Å². The SMILES string of the molecule is c1ccc(-c2cccc(N3c4cccc5c4B4c6c(cn(-c7ccccc7)c63)-c3ccccc3N4c3ccccc3-5)c2)cc1.c1ccc(N2c3cccc4c3B3c5c(cn(-c6ccccc6)c52)-c2ccccc2N3c2ccccc2-4)cc1.c1ccc(N2c3cccc4c3B3c5c(coc52)-c2ccccc2N3c2ccccc2-4)cc1.c1ccc(N2c3cccc4c3B3c5c(csc52)-c2ccccc2N3c2ccccc2-4)cc1. The fraction of sp³-hybridized carbons (Fsp3) is 0. The van der Waals surface area contributed by atoms with Gasteiger partial charge in [-0.25, -0.2) is 0 Å². The maximum atomic E-state index is 6.37. The Labute approximate surface area is 850 Å². The average molecular weight is 1880 g/mol. The van der Waals surface area contributed by atoms with Crippen LogP contribution in [0, 0.1) is 0 Å². The van der Waals surface area contributed by atoms with Gasteiger partial charge in [-0.1, -0.05) is 328 Å². The van der Waals surface area contributed by atoms with Gasteiger partial charge in [0.1, 0.15) is 17.9 Å². The van der Waals surface area contributed by atoms with Crippen molar-refractivity contribution >= 4 is 196 Å². The summed E-state index contributed by atoms with van der Waals surface area (Å²) in [6.07, 6.45) is 6.68. The number of hydrogen-bond acceptors (Lipinski definition) is 10. The van der Waals surface area contributed by atoms with Crippen LogP contribution in [0.4, 0.5) is 114 Å². The van der Waals surface area contributed by atoms with Crippen molar-refractivity contribution < 1.29 is 4.42 Å². The van der Waals surface area contributed by atoms with Crippen molar-refractivity contribution in [2.45, 2.75) is 0 Å². The van der Waals surface area contributed by atoms with E-state index in [0.29, 0.717) is 0 Å².